The summed E-state index contributed by atoms with van der Waals surface area (Å²) in [7, 11) is -0.912. The fraction of sp³-hybridized carbons (Fsp3) is 0.308. The molecule has 0 saturated heterocycles. The van der Waals surface area contributed by atoms with Crippen molar-refractivity contribution in [1.82, 2.24) is 4.90 Å². The zero-order chi connectivity index (χ0) is 37.9. The van der Waals surface area contributed by atoms with Crippen LogP contribution in [-0.2, 0) is 20.1 Å². The van der Waals surface area contributed by atoms with Crippen molar-refractivity contribution in [3.05, 3.63) is 187 Å². The summed E-state index contributed by atoms with van der Waals surface area (Å²) >= 11 is 0. The van der Waals surface area contributed by atoms with Crippen LogP contribution in [0, 0.1) is 12.8 Å². The third-order valence-electron chi connectivity index (χ3n) is 12.2. The standard InChI is InChI=1S/C44H45N2OP.C8H10.Ir/c47-44(36-30-29-32-17-13-14-22-35(32)31-36)46-42(34-20-7-2-8-21-34)41(33-18-5-1-6-19-33)45-43(46)39-27-15-16-28-40(39)48(37-23-9-3-10-24-37)38-25-11-4-12-26-38;1-2-4-6-8-7-5-3-1;/h1-2,5-8,13-22,27-31,37-38,41-42H,3-4,9-12,23-26H2;1-6H,7-8H2;/q;-2;/p+1/b;5-3-,6-4-;/t41-,42-;;/m0../s1. The molecule has 1 radical (unpaired) electrons. The molecule has 0 unspecified atom stereocenters. The minimum Gasteiger partial charge on any atom is -0.293 e. The Morgan fingerprint density at radius 1 is 0.596 bits per heavy atom. The summed E-state index contributed by atoms with van der Waals surface area (Å²) < 4.78 is 0. The monoisotopic (exact) mass is 948 g/mol. The SMILES string of the molecule is C1=C\CC/C=C\[CH-][CH-]/1.O=C(c1ccc2ccccc2c1)N1C(c2ccccc2[PH+](C2CCCCC2)C2CCCCC2)=N[C@@H](c2ccccc2)[C@@H]1c1ccccc1.[Ir]. The molecule has 5 aromatic carbocycles. The second kappa shape index (κ2) is 20.5. The molecule has 3 nitrogen and oxygen atoms in total. The molecule has 1 heterocycles. The first-order valence-corrected chi connectivity index (χ1v) is 22.9. The number of hydrogen-bond donors (Lipinski definition) is 0. The topological polar surface area (TPSA) is 32.7 Å². The van der Waals surface area contributed by atoms with Crippen molar-refractivity contribution in [2.75, 3.05) is 0 Å². The van der Waals surface area contributed by atoms with Crippen LogP contribution < -0.4 is 5.30 Å². The molecule has 2 saturated carbocycles. The molecule has 0 bridgehead atoms. The molecule has 5 heteroatoms. The van der Waals surface area contributed by atoms with Gasteiger partial charge in [0.25, 0.3) is 5.91 Å². The molecule has 3 aliphatic carbocycles. The summed E-state index contributed by atoms with van der Waals surface area (Å²) in [6.45, 7) is 0. The zero-order valence-electron chi connectivity index (χ0n) is 33.0. The first-order valence-electron chi connectivity index (χ1n) is 21.2. The van der Waals surface area contributed by atoms with E-state index in [1.54, 1.807) is 0 Å². The largest absolute Gasteiger partial charge is 0.293 e. The van der Waals surface area contributed by atoms with E-state index in [1.807, 2.05) is 12.1 Å². The van der Waals surface area contributed by atoms with E-state index in [0.29, 0.717) is 5.56 Å². The first kappa shape index (κ1) is 41.0. The van der Waals surface area contributed by atoms with E-state index >= 15 is 4.79 Å². The van der Waals surface area contributed by atoms with E-state index in [2.05, 4.69) is 157 Å². The second-order valence-corrected chi connectivity index (χ2v) is 19.0. The van der Waals surface area contributed by atoms with Crippen LogP contribution in [-0.4, -0.2) is 28.0 Å². The van der Waals surface area contributed by atoms with Crippen molar-refractivity contribution in [1.29, 1.82) is 0 Å². The molecule has 2 fully saturated rings. The van der Waals surface area contributed by atoms with Crippen LogP contribution in [0.1, 0.15) is 116 Å². The van der Waals surface area contributed by atoms with E-state index in [0.717, 1.165) is 39.1 Å². The number of amides is 1. The molecule has 0 N–H and O–H groups in total. The Balaban J connectivity index is 0.000000494. The quantitative estimate of drug-likeness (QED) is 0.118. The number of allylic oxidation sites excluding steroid dienone is 4. The van der Waals surface area contributed by atoms with Gasteiger partial charge in [0.05, 0.1) is 22.9 Å². The number of rotatable bonds is 7. The summed E-state index contributed by atoms with van der Waals surface area (Å²) in [5, 5.41) is 3.73. The number of hydrogen-bond acceptors (Lipinski definition) is 2. The maximum absolute atomic E-state index is 15.2. The van der Waals surface area contributed by atoms with E-state index < -0.39 is 7.92 Å². The minimum absolute atomic E-state index is 0. The van der Waals surface area contributed by atoms with Gasteiger partial charge in [0, 0.05) is 33.6 Å². The van der Waals surface area contributed by atoms with Gasteiger partial charge >= 0.3 is 0 Å². The van der Waals surface area contributed by atoms with Gasteiger partial charge in [0.15, 0.2) is 0 Å². The van der Waals surface area contributed by atoms with Crippen LogP contribution in [0.25, 0.3) is 10.8 Å². The van der Waals surface area contributed by atoms with Gasteiger partial charge < -0.3 is 0 Å². The Kier molecular flexibility index (Phi) is 14.7. The summed E-state index contributed by atoms with van der Waals surface area (Å²) in [4.78, 5) is 22.9. The van der Waals surface area contributed by atoms with Crippen LogP contribution in [0.15, 0.2) is 157 Å². The molecule has 2 atom stereocenters. The van der Waals surface area contributed by atoms with Crippen molar-refractivity contribution >= 4 is 35.7 Å². The average Bonchev–Trinajstić information content (AvgIpc) is 3.66. The normalized spacial score (nSPS) is 21.1. The number of benzene rings is 5. The maximum atomic E-state index is 15.2. The smallest absolute Gasteiger partial charge is 0.260 e. The van der Waals surface area contributed by atoms with Crippen LogP contribution in [0.3, 0.4) is 0 Å². The number of nitrogens with zero attached hydrogens (tertiary/aromatic N) is 2. The predicted molar refractivity (Wildman–Crippen MR) is 239 cm³/mol. The third kappa shape index (κ3) is 9.75. The van der Waals surface area contributed by atoms with Crippen LogP contribution in [0.2, 0.25) is 0 Å². The van der Waals surface area contributed by atoms with Gasteiger partial charge in [-0.1, -0.05) is 116 Å². The zero-order valence-corrected chi connectivity index (χ0v) is 36.4. The molecule has 295 valence electrons. The third-order valence-corrected chi connectivity index (χ3v) is 16.2. The summed E-state index contributed by atoms with van der Waals surface area (Å²) in [6, 6.07) is 44.4. The molecule has 1 amide bonds. The predicted octanol–water partition coefficient (Wildman–Crippen LogP) is 13.0. The Hall–Kier alpha value is -4.20. The van der Waals surface area contributed by atoms with E-state index in [4.69, 9.17) is 4.99 Å². The summed E-state index contributed by atoms with van der Waals surface area (Å²) in [5.74, 6) is 0.867. The Bertz CT molecular complexity index is 2090. The maximum Gasteiger partial charge on any atom is 0.260 e. The second-order valence-electron chi connectivity index (χ2n) is 15.9. The van der Waals surface area contributed by atoms with Gasteiger partial charge in [0.1, 0.15) is 17.2 Å². The van der Waals surface area contributed by atoms with Crippen molar-refractivity contribution in [3.63, 3.8) is 0 Å². The summed E-state index contributed by atoms with van der Waals surface area (Å²) in [6.07, 6.45) is 28.6. The van der Waals surface area contributed by atoms with E-state index in [9.17, 15) is 0 Å². The molecule has 0 spiro atoms. The Morgan fingerprint density at radius 2 is 1.14 bits per heavy atom. The van der Waals surface area contributed by atoms with Gasteiger partial charge in [0.2, 0.25) is 0 Å². The van der Waals surface area contributed by atoms with Crippen molar-refractivity contribution in [2.24, 2.45) is 4.99 Å². The van der Waals surface area contributed by atoms with Crippen molar-refractivity contribution in [2.45, 2.75) is 100 Å². The molecule has 57 heavy (non-hydrogen) atoms. The minimum atomic E-state index is -0.912. The number of amidine groups is 1. The van der Waals surface area contributed by atoms with Crippen molar-refractivity contribution < 1.29 is 24.9 Å². The first-order chi connectivity index (χ1) is 27.8. The number of carbonyl (C=O) groups is 1. The molecule has 5 aromatic rings. The molecule has 9 rings (SSSR count). The number of aliphatic imine (C=N–C) groups is 1. The molecule has 1 aliphatic heterocycles. The van der Waals surface area contributed by atoms with Crippen LogP contribution in [0.5, 0.6) is 0 Å². The Labute approximate surface area is 355 Å². The molecular formula is C52H56IrN2OP-. The number of fused-ring (bicyclic) bond motifs is 1. The van der Waals surface area contributed by atoms with Gasteiger partial charge in [-0.2, -0.15) is 0 Å². The van der Waals surface area contributed by atoms with Crippen LogP contribution in [0.4, 0.5) is 0 Å². The van der Waals surface area contributed by atoms with Gasteiger partial charge in [-0.3, -0.25) is 27.5 Å². The molecule has 0 aromatic heterocycles. The van der Waals surface area contributed by atoms with E-state index in [1.165, 1.54) is 87.9 Å². The molecular weight excluding hydrogens is 892 g/mol. The van der Waals surface area contributed by atoms with Crippen LogP contribution >= 0.6 is 7.92 Å². The fourth-order valence-corrected chi connectivity index (χ4v) is 13.9. The number of carbonyl (C=O) groups excluding carboxylic acids is 1. The fourth-order valence-electron chi connectivity index (χ4n) is 9.51. The van der Waals surface area contributed by atoms with Crippen molar-refractivity contribution in [3.8, 4) is 0 Å². The van der Waals surface area contributed by atoms with Gasteiger partial charge in [-0.05, 0) is 97.5 Å². The summed E-state index contributed by atoms with van der Waals surface area (Å²) in [5.41, 5.74) is 5.72. The van der Waals surface area contributed by atoms with E-state index in [-0.39, 0.29) is 38.1 Å². The Morgan fingerprint density at radius 3 is 1.77 bits per heavy atom. The van der Waals surface area contributed by atoms with Gasteiger partial charge in [-0.15, -0.1) is 12.8 Å². The van der Waals surface area contributed by atoms with Gasteiger partial charge in [-0.25, -0.2) is 24.3 Å². The average molecular weight is 948 g/mol. The molecule has 4 aliphatic rings.